The van der Waals surface area contributed by atoms with Crippen LogP contribution in [0, 0.1) is 5.92 Å². The zero-order chi connectivity index (χ0) is 11.4. The molecule has 0 spiro atoms. The van der Waals surface area contributed by atoms with Crippen molar-refractivity contribution in [1.82, 2.24) is 10.2 Å². The maximum Gasteiger partial charge on any atom is 0.309 e. The number of aromatic nitrogens is 2. The number of nitrogens with zero attached hydrogens (tertiary/aromatic N) is 2. The molecule has 5 nitrogen and oxygen atoms in total. The summed E-state index contributed by atoms with van der Waals surface area (Å²) in [5, 5.41) is 8.11. The van der Waals surface area contributed by atoms with Crippen LogP contribution in [0.5, 0.6) is 0 Å². The van der Waals surface area contributed by atoms with Crippen LogP contribution in [0.1, 0.15) is 13.8 Å². The first-order chi connectivity index (χ1) is 7.04. The maximum atomic E-state index is 11.3. The minimum atomic E-state index is -0.215. The van der Waals surface area contributed by atoms with E-state index in [-0.39, 0.29) is 17.1 Å². The molecule has 1 heterocycles. The lowest BCUT2D eigenvalue weighted by Crippen LogP contribution is -2.21. The third-order valence-electron chi connectivity index (χ3n) is 1.99. The van der Waals surface area contributed by atoms with Gasteiger partial charge in [0.15, 0.2) is 4.34 Å². The monoisotopic (exact) mass is 247 g/mol. The van der Waals surface area contributed by atoms with Crippen molar-refractivity contribution in [2.45, 2.75) is 23.4 Å². The zero-order valence-electron chi connectivity index (χ0n) is 8.76. The maximum absolute atomic E-state index is 11.3. The van der Waals surface area contributed by atoms with E-state index in [1.165, 1.54) is 30.2 Å². The van der Waals surface area contributed by atoms with Crippen LogP contribution in [-0.2, 0) is 9.53 Å². The number of methoxy groups -OCH3 is 1. The molecule has 0 saturated heterocycles. The molecule has 0 aliphatic carbocycles. The summed E-state index contributed by atoms with van der Waals surface area (Å²) in [6.07, 6.45) is 0. The summed E-state index contributed by atoms with van der Waals surface area (Å²) >= 11 is 2.80. The van der Waals surface area contributed by atoms with Gasteiger partial charge in [0.1, 0.15) is 0 Å². The Morgan fingerprint density at radius 1 is 1.53 bits per heavy atom. The van der Waals surface area contributed by atoms with Gasteiger partial charge < -0.3 is 10.5 Å². The van der Waals surface area contributed by atoms with Crippen molar-refractivity contribution < 1.29 is 9.53 Å². The number of hydrogen-bond donors (Lipinski definition) is 1. The Balaban J connectivity index is 2.55. The van der Waals surface area contributed by atoms with E-state index in [0.29, 0.717) is 5.13 Å². The zero-order valence-corrected chi connectivity index (χ0v) is 10.4. The van der Waals surface area contributed by atoms with Gasteiger partial charge in [-0.25, -0.2) is 0 Å². The van der Waals surface area contributed by atoms with E-state index in [2.05, 4.69) is 14.9 Å². The molecule has 1 rings (SSSR count). The van der Waals surface area contributed by atoms with Gasteiger partial charge in [-0.1, -0.05) is 36.9 Å². The van der Waals surface area contributed by atoms with Crippen molar-refractivity contribution in [3.8, 4) is 0 Å². The van der Waals surface area contributed by atoms with Gasteiger partial charge in [-0.15, -0.1) is 10.2 Å². The van der Waals surface area contributed by atoms with Gasteiger partial charge >= 0.3 is 5.97 Å². The fourth-order valence-electron chi connectivity index (χ4n) is 0.907. The number of carbonyl (C=O) groups is 1. The van der Waals surface area contributed by atoms with E-state index in [4.69, 9.17) is 5.73 Å². The second kappa shape index (κ2) is 5.32. The number of thioether (sulfide) groups is 1. The number of anilines is 1. The van der Waals surface area contributed by atoms with Crippen LogP contribution >= 0.6 is 23.1 Å². The van der Waals surface area contributed by atoms with Gasteiger partial charge in [-0.05, 0) is 0 Å². The van der Waals surface area contributed by atoms with Gasteiger partial charge in [0.25, 0.3) is 0 Å². The molecule has 1 aromatic heterocycles. The highest BCUT2D eigenvalue weighted by atomic mass is 32.2. The van der Waals surface area contributed by atoms with E-state index >= 15 is 0 Å². The molecule has 0 saturated carbocycles. The Bertz CT molecular complexity index is 342. The average Bonchev–Trinajstić information content (AvgIpc) is 2.61. The van der Waals surface area contributed by atoms with Crippen molar-refractivity contribution in [3.05, 3.63) is 0 Å². The Kier molecular flexibility index (Phi) is 4.34. The van der Waals surface area contributed by atoms with Gasteiger partial charge in [0.05, 0.1) is 13.0 Å². The number of hydrogen-bond acceptors (Lipinski definition) is 7. The van der Waals surface area contributed by atoms with Crippen LogP contribution in [0.2, 0.25) is 0 Å². The number of esters is 1. The first-order valence-corrected chi connectivity index (χ1v) is 6.07. The average molecular weight is 247 g/mol. The molecule has 2 unspecified atom stereocenters. The Hall–Kier alpha value is -0.820. The molecule has 2 atom stereocenters. The summed E-state index contributed by atoms with van der Waals surface area (Å²) in [7, 11) is 1.39. The quantitative estimate of drug-likeness (QED) is 0.640. The van der Waals surface area contributed by atoms with E-state index in [9.17, 15) is 4.79 Å². The van der Waals surface area contributed by atoms with Crippen LogP contribution in [-0.4, -0.2) is 28.5 Å². The SMILES string of the molecule is COC(=O)C(C)C(C)Sc1nnc(N)s1. The van der Waals surface area contributed by atoms with Gasteiger partial charge in [-0.2, -0.15) is 0 Å². The Morgan fingerprint density at radius 3 is 2.67 bits per heavy atom. The molecule has 0 bridgehead atoms. The number of carbonyl (C=O) groups excluding carboxylic acids is 1. The number of nitrogens with two attached hydrogens (primary N) is 1. The third-order valence-corrected chi connectivity index (χ3v) is 4.13. The fourth-order valence-corrected chi connectivity index (χ4v) is 2.87. The highest BCUT2D eigenvalue weighted by Crippen LogP contribution is 2.31. The third kappa shape index (κ3) is 3.35. The molecule has 0 amide bonds. The molecule has 84 valence electrons. The Morgan fingerprint density at radius 2 is 2.20 bits per heavy atom. The van der Waals surface area contributed by atoms with Crippen LogP contribution in [0.15, 0.2) is 4.34 Å². The van der Waals surface area contributed by atoms with Crippen molar-refractivity contribution >= 4 is 34.2 Å². The number of rotatable bonds is 4. The highest BCUT2D eigenvalue weighted by Gasteiger charge is 2.22. The molecule has 1 aromatic rings. The standard InChI is InChI=1S/C8H13N3O2S2/c1-4(6(12)13-3)5(2)14-8-11-10-7(9)15-8/h4-5H,1-3H3,(H2,9,10). The molecular weight excluding hydrogens is 234 g/mol. The summed E-state index contributed by atoms with van der Waals surface area (Å²) in [6, 6.07) is 0. The number of ether oxygens (including phenoxy) is 1. The molecule has 0 aliphatic rings. The second-order valence-corrected chi connectivity index (χ2v) is 5.67. The first kappa shape index (κ1) is 12.3. The lowest BCUT2D eigenvalue weighted by atomic mass is 10.1. The molecule has 7 heteroatoms. The van der Waals surface area contributed by atoms with E-state index in [1.807, 2.05) is 13.8 Å². The van der Waals surface area contributed by atoms with Crippen LogP contribution in [0.4, 0.5) is 5.13 Å². The summed E-state index contributed by atoms with van der Waals surface area (Å²) in [5.41, 5.74) is 5.46. The van der Waals surface area contributed by atoms with Crippen molar-refractivity contribution in [1.29, 1.82) is 0 Å². The van der Waals surface area contributed by atoms with E-state index in [0.717, 1.165) is 4.34 Å². The van der Waals surface area contributed by atoms with Gasteiger partial charge in [-0.3, -0.25) is 4.79 Å². The summed E-state index contributed by atoms with van der Waals surface area (Å²) < 4.78 is 5.44. The predicted octanol–water partition coefficient (Wildman–Crippen LogP) is 1.41. The number of nitrogen functional groups attached to an aromatic ring is 1. The lowest BCUT2D eigenvalue weighted by molar-refractivity contribution is -0.144. The van der Waals surface area contributed by atoms with Crippen LogP contribution in [0.25, 0.3) is 0 Å². The summed E-state index contributed by atoms with van der Waals surface area (Å²) in [4.78, 5) is 11.3. The molecule has 0 radical (unpaired) electrons. The molecular formula is C8H13N3O2S2. The van der Waals surface area contributed by atoms with Crippen LogP contribution in [0.3, 0.4) is 0 Å². The van der Waals surface area contributed by atoms with E-state index < -0.39 is 0 Å². The minimum absolute atomic E-state index is 0.0878. The lowest BCUT2D eigenvalue weighted by Gasteiger charge is -2.15. The minimum Gasteiger partial charge on any atom is -0.469 e. The molecule has 0 aliphatic heterocycles. The molecule has 2 N–H and O–H groups in total. The van der Waals surface area contributed by atoms with Crippen LogP contribution < -0.4 is 5.73 Å². The van der Waals surface area contributed by atoms with Gasteiger partial charge in [0.2, 0.25) is 5.13 Å². The molecule has 0 aromatic carbocycles. The molecule has 0 fully saturated rings. The van der Waals surface area contributed by atoms with Crippen molar-refractivity contribution in [2.24, 2.45) is 5.92 Å². The van der Waals surface area contributed by atoms with Gasteiger partial charge in [0, 0.05) is 5.25 Å². The molecule has 15 heavy (non-hydrogen) atoms. The fraction of sp³-hybridized carbons (Fsp3) is 0.625. The smallest absolute Gasteiger partial charge is 0.309 e. The Labute approximate surface area is 96.4 Å². The largest absolute Gasteiger partial charge is 0.469 e. The van der Waals surface area contributed by atoms with Crippen molar-refractivity contribution in [2.75, 3.05) is 12.8 Å². The predicted molar refractivity (Wildman–Crippen MR) is 60.8 cm³/mol. The highest BCUT2D eigenvalue weighted by molar-refractivity contribution is 8.01. The summed E-state index contributed by atoms with van der Waals surface area (Å²) in [6.45, 7) is 3.78. The normalized spacial score (nSPS) is 14.6. The summed E-state index contributed by atoms with van der Waals surface area (Å²) in [5.74, 6) is -0.391. The topological polar surface area (TPSA) is 78.1 Å². The van der Waals surface area contributed by atoms with Crippen molar-refractivity contribution in [3.63, 3.8) is 0 Å². The second-order valence-electron chi connectivity index (χ2n) is 3.04. The first-order valence-electron chi connectivity index (χ1n) is 4.38. The van der Waals surface area contributed by atoms with E-state index in [1.54, 1.807) is 0 Å².